The first kappa shape index (κ1) is 19.6. The van der Waals surface area contributed by atoms with Crippen molar-refractivity contribution in [2.24, 2.45) is 0 Å². The topological polar surface area (TPSA) is 75.5 Å². The van der Waals surface area contributed by atoms with Crippen molar-refractivity contribution in [3.63, 3.8) is 0 Å². The number of nitrogens with one attached hydrogen (secondary N) is 1. The van der Waals surface area contributed by atoms with Gasteiger partial charge in [0.2, 0.25) is 5.91 Å². The minimum absolute atomic E-state index is 0.0847. The summed E-state index contributed by atoms with van der Waals surface area (Å²) in [6, 6.07) is 9.36. The molecule has 0 aromatic heterocycles. The Hall–Kier alpha value is -2.73. The highest BCUT2D eigenvalue weighted by molar-refractivity contribution is 5.94. The van der Waals surface area contributed by atoms with Gasteiger partial charge in [0.1, 0.15) is 5.69 Å². The predicted octanol–water partition coefficient (Wildman–Crippen LogP) is 3.90. The molecule has 0 bridgehead atoms. The van der Waals surface area contributed by atoms with E-state index in [2.05, 4.69) is 30.4 Å². The van der Waals surface area contributed by atoms with Gasteiger partial charge in [-0.25, -0.2) is 0 Å². The SMILES string of the molecule is Cc1ccc(CN(C)CC(=O)Nc2cc(C)c(C)cc2[N+](=O)[O-])c(C)c1. The van der Waals surface area contributed by atoms with Gasteiger partial charge in [0.25, 0.3) is 5.69 Å². The maximum Gasteiger partial charge on any atom is 0.293 e. The largest absolute Gasteiger partial charge is 0.319 e. The summed E-state index contributed by atoms with van der Waals surface area (Å²) in [4.78, 5) is 25.0. The summed E-state index contributed by atoms with van der Waals surface area (Å²) in [7, 11) is 1.85. The van der Waals surface area contributed by atoms with Gasteiger partial charge in [-0.15, -0.1) is 0 Å². The summed E-state index contributed by atoms with van der Waals surface area (Å²) in [5.74, 6) is -0.274. The lowest BCUT2D eigenvalue weighted by Gasteiger charge is -2.18. The number of anilines is 1. The number of nitro benzene ring substituents is 1. The molecule has 0 saturated heterocycles. The Bertz CT molecular complexity index is 846. The number of hydrogen-bond donors (Lipinski definition) is 1. The maximum atomic E-state index is 12.3. The molecule has 2 rings (SSSR count). The van der Waals surface area contributed by atoms with Crippen LogP contribution in [0.3, 0.4) is 0 Å². The third-order valence-electron chi connectivity index (χ3n) is 4.43. The van der Waals surface area contributed by atoms with E-state index in [0.717, 1.165) is 16.7 Å². The van der Waals surface area contributed by atoms with E-state index >= 15 is 0 Å². The molecular formula is C20H25N3O3. The van der Waals surface area contributed by atoms with Gasteiger partial charge in [-0.2, -0.15) is 0 Å². The van der Waals surface area contributed by atoms with Crippen LogP contribution >= 0.6 is 0 Å². The summed E-state index contributed by atoms with van der Waals surface area (Å²) in [5, 5.41) is 13.9. The van der Waals surface area contributed by atoms with E-state index in [0.29, 0.717) is 6.54 Å². The lowest BCUT2D eigenvalue weighted by Crippen LogP contribution is -2.30. The molecule has 0 saturated carbocycles. The minimum atomic E-state index is -0.471. The van der Waals surface area contributed by atoms with Crippen LogP contribution in [0.15, 0.2) is 30.3 Å². The van der Waals surface area contributed by atoms with Gasteiger partial charge in [-0.3, -0.25) is 19.8 Å². The first-order valence-corrected chi connectivity index (χ1v) is 8.47. The number of amides is 1. The Balaban J connectivity index is 2.06. The zero-order valence-corrected chi connectivity index (χ0v) is 15.9. The molecule has 1 N–H and O–H groups in total. The molecular weight excluding hydrogens is 330 g/mol. The Labute approximate surface area is 154 Å². The summed E-state index contributed by atoms with van der Waals surface area (Å²) < 4.78 is 0. The second-order valence-corrected chi connectivity index (χ2v) is 6.86. The summed E-state index contributed by atoms with van der Waals surface area (Å²) in [6.45, 7) is 8.55. The number of rotatable bonds is 6. The molecule has 0 atom stereocenters. The number of hydrogen-bond acceptors (Lipinski definition) is 4. The van der Waals surface area contributed by atoms with Crippen LogP contribution in [-0.2, 0) is 11.3 Å². The van der Waals surface area contributed by atoms with Gasteiger partial charge in [0.05, 0.1) is 11.5 Å². The Morgan fingerprint density at radius 3 is 2.35 bits per heavy atom. The molecule has 0 aliphatic carbocycles. The molecule has 0 unspecified atom stereocenters. The average molecular weight is 355 g/mol. The zero-order chi connectivity index (χ0) is 19.4. The summed E-state index contributed by atoms with van der Waals surface area (Å²) in [5.41, 5.74) is 5.41. The second-order valence-electron chi connectivity index (χ2n) is 6.86. The molecule has 0 heterocycles. The number of nitrogens with zero attached hydrogens (tertiary/aromatic N) is 2. The Morgan fingerprint density at radius 1 is 1.08 bits per heavy atom. The van der Waals surface area contributed by atoms with Crippen LogP contribution in [0.2, 0.25) is 0 Å². The van der Waals surface area contributed by atoms with Crippen molar-refractivity contribution in [1.29, 1.82) is 0 Å². The summed E-state index contributed by atoms with van der Waals surface area (Å²) in [6.07, 6.45) is 0. The number of aryl methyl sites for hydroxylation is 4. The molecule has 0 aliphatic heterocycles. The van der Waals surface area contributed by atoms with Crippen LogP contribution in [0.1, 0.15) is 27.8 Å². The Kier molecular flexibility index (Phi) is 6.10. The van der Waals surface area contributed by atoms with Gasteiger partial charge in [0, 0.05) is 12.6 Å². The molecule has 1 amide bonds. The van der Waals surface area contributed by atoms with Crippen LogP contribution in [0.4, 0.5) is 11.4 Å². The molecule has 6 nitrogen and oxygen atoms in total. The highest BCUT2D eigenvalue weighted by Gasteiger charge is 2.18. The van der Waals surface area contributed by atoms with Gasteiger partial charge < -0.3 is 5.32 Å². The van der Waals surface area contributed by atoms with E-state index in [9.17, 15) is 14.9 Å². The van der Waals surface area contributed by atoms with E-state index in [4.69, 9.17) is 0 Å². The van der Waals surface area contributed by atoms with Crippen LogP contribution in [-0.4, -0.2) is 29.3 Å². The standard InChI is InChI=1S/C20H25N3O3/c1-13-6-7-17(16(4)8-13)11-22(5)12-20(24)21-18-9-14(2)15(3)10-19(18)23(25)26/h6-10H,11-12H2,1-5H3,(H,21,24). The minimum Gasteiger partial charge on any atom is -0.319 e. The predicted molar refractivity (Wildman–Crippen MR) is 103 cm³/mol. The van der Waals surface area contributed by atoms with Crippen molar-refractivity contribution in [2.75, 3.05) is 18.9 Å². The molecule has 2 aromatic rings. The lowest BCUT2D eigenvalue weighted by atomic mass is 10.1. The smallest absolute Gasteiger partial charge is 0.293 e. The number of likely N-dealkylation sites (N-methyl/N-ethyl adjacent to an activating group) is 1. The van der Waals surface area contributed by atoms with Gasteiger partial charge in [-0.1, -0.05) is 23.8 Å². The highest BCUT2D eigenvalue weighted by Crippen LogP contribution is 2.27. The number of benzene rings is 2. The van der Waals surface area contributed by atoms with Crippen LogP contribution in [0.5, 0.6) is 0 Å². The second kappa shape index (κ2) is 8.10. The fraction of sp³-hybridized carbons (Fsp3) is 0.350. The molecule has 0 fully saturated rings. The van der Waals surface area contributed by atoms with Gasteiger partial charge >= 0.3 is 0 Å². The molecule has 26 heavy (non-hydrogen) atoms. The molecule has 138 valence electrons. The third kappa shape index (κ3) is 4.89. The van der Waals surface area contributed by atoms with Gasteiger partial charge in [0.15, 0.2) is 0 Å². The number of nitro groups is 1. The zero-order valence-electron chi connectivity index (χ0n) is 15.9. The van der Waals surface area contributed by atoms with E-state index in [1.165, 1.54) is 17.2 Å². The van der Waals surface area contributed by atoms with Crippen molar-refractivity contribution >= 4 is 17.3 Å². The number of carbonyl (C=O) groups is 1. The molecule has 0 spiro atoms. The molecule has 0 aliphatic rings. The van der Waals surface area contributed by atoms with Crippen molar-refractivity contribution in [3.05, 3.63) is 68.3 Å². The van der Waals surface area contributed by atoms with Crippen molar-refractivity contribution in [3.8, 4) is 0 Å². The highest BCUT2D eigenvalue weighted by atomic mass is 16.6. The first-order chi connectivity index (χ1) is 12.2. The lowest BCUT2D eigenvalue weighted by molar-refractivity contribution is -0.384. The average Bonchev–Trinajstić information content (AvgIpc) is 2.53. The Morgan fingerprint density at radius 2 is 1.73 bits per heavy atom. The van der Waals surface area contributed by atoms with Gasteiger partial charge in [-0.05, 0) is 63.1 Å². The van der Waals surface area contributed by atoms with Crippen molar-refractivity contribution < 1.29 is 9.72 Å². The fourth-order valence-corrected chi connectivity index (χ4v) is 2.86. The normalized spacial score (nSPS) is 10.8. The van der Waals surface area contributed by atoms with Crippen LogP contribution in [0.25, 0.3) is 0 Å². The van der Waals surface area contributed by atoms with E-state index in [1.54, 1.807) is 6.07 Å². The fourth-order valence-electron chi connectivity index (χ4n) is 2.86. The first-order valence-electron chi connectivity index (χ1n) is 8.47. The van der Waals surface area contributed by atoms with Crippen LogP contribution < -0.4 is 5.32 Å². The number of carbonyl (C=O) groups excluding carboxylic acids is 1. The quantitative estimate of drug-likeness (QED) is 0.630. The molecule has 6 heteroatoms. The molecule has 2 aromatic carbocycles. The van der Waals surface area contributed by atoms with E-state index in [1.807, 2.05) is 32.7 Å². The van der Waals surface area contributed by atoms with Crippen molar-refractivity contribution in [1.82, 2.24) is 4.90 Å². The monoisotopic (exact) mass is 355 g/mol. The molecule has 0 radical (unpaired) electrons. The van der Waals surface area contributed by atoms with E-state index < -0.39 is 4.92 Å². The third-order valence-corrected chi connectivity index (χ3v) is 4.43. The van der Waals surface area contributed by atoms with E-state index in [-0.39, 0.29) is 23.8 Å². The van der Waals surface area contributed by atoms with Crippen molar-refractivity contribution in [2.45, 2.75) is 34.2 Å². The maximum absolute atomic E-state index is 12.3. The van der Waals surface area contributed by atoms with Crippen LogP contribution in [0, 0.1) is 37.8 Å². The summed E-state index contributed by atoms with van der Waals surface area (Å²) >= 11 is 0.